The van der Waals surface area contributed by atoms with Gasteiger partial charge in [-0.2, -0.15) is 0 Å². The maximum Gasteiger partial charge on any atom is 0.120 e. The lowest BCUT2D eigenvalue weighted by atomic mass is 10.0. The van der Waals surface area contributed by atoms with Crippen molar-refractivity contribution < 1.29 is 4.74 Å². The molecule has 4 nitrogen and oxygen atoms in total. The fourth-order valence-corrected chi connectivity index (χ4v) is 3.20. The number of piperazine rings is 1. The molecule has 21 heavy (non-hydrogen) atoms. The van der Waals surface area contributed by atoms with Gasteiger partial charge in [-0.1, -0.05) is 12.1 Å². The van der Waals surface area contributed by atoms with E-state index >= 15 is 0 Å². The molecule has 4 heteroatoms. The summed E-state index contributed by atoms with van der Waals surface area (Å²) < 4.78 is 5.77. The van der Waals surface area contributed by atoms with E-state index in [-0.39, 0.29) is 6.10 Å². The van der Waals surface area contributed by atoms with Gasteiger partial charge in [-0.3, -0.25) is 9.80 Å². The van der Waals surface area contributed by atoms with Gasteiger partial charge in [0.15, 0.2) is 0 Å². The predicted molar refractivity (Wildman–Crippen MR) is 85.7 cm³/mol. The fourth-order valence-electron chi connectivity index (χ4n) is 3.20. The van der Waals surface area contributed by atoms with E-state index in [0.717, 1.165) is 31.4 Å². The van der Waals surface area contributed by atoms with E-state index in [4.69, 9.17) is 4.74 Å². The van der Waals surface area contributed by atoms with E-state index in [0.29, 0.717) is 0 Å². The molecule has 0 bridgehead atoms. The quantitative estimate of drug-likeness (QED) is 0.890. The van der Waals surface area contributed by atoms with Gasteiger partial charge < -0.3 is 10.1 Å². The van der Waals surface area contributed by atoms with Gasteiger partial charge in [0.1, 0.15) is 5.75 Å². The van der Waals surface area contributed by atoms with Crippen LogP contribution < -0.4 is 10.1 Å². The van der Waals surface area contributed by atoms with Crippen LogP contribution in [0.2, 0.25) is 0 Å². The number of rotatable bonds is 5. The van der Waals surface area contributed by atoms with Crippen LogP contribution in [0.3, 0.4) is 0 Å². The van der Waals surface area contributed by atoms with Crippen molar-refractivity contribution in [3.05, 3.63) is 29.8 Å². The monoisotopic (exact) mass is 289 g/mol. The summed E-state index contributed by atoms with van der Waals surface area (Å²) in [6.07, 6.45) is 0.237. The molecule has 0 radical (unpaired) electrons. The first kappa shape index (κ1) is 14.8. The van der Waals surface area contributed by atoms with Gasteiger partial charge in [-0.15, -0.1) is 0 Å². The first-order chi connectivity index (χ1) is 10.2. The summed E-state index contributed by atoms with van der Waals surface area (Å²) in [5, 5.41) is 3.42. The van der Waals surface area contributed by atoms with Crippen molar-refractivity contribution in [2.24, 2.45) is 0 Å². The Kier molecular flexibility index (Phi) is 4.78. The SMILES string of the molecule is CC(C)Oc1cccc(CN2CC(N3CCNCC3)C2)c1. The van der Waals surface area contributed by atoms with Crippen molar-refractivity contribution >= 4 is 0 Å². The molecule has 0 aromatic heterocycles. The molecule has 0 spiro atoms. The van der Waals surface area contributed by atoms with Gasteiger partial charge in [0.05, 0.1) is 6.10 Å². The Bertz CT molecular complexity index is 451. The molecular weight excluding hydrogens is 262 g/mol. The number of benzene rings is 1. The summed E-state index contributed by atoms with van der Waals surface area (Å²) in [7, 11) is 0. The minimum absolute atomic E-state index is 0.237. The van der Waals surface area contributed by atoms with Crippen molar-refractivity contribution in [3.63, 3.8) is 0 Å². The molecule has 2 fully saturated rings. The Morgan fingerprint density at radius 1 is 1.24 bits per heavy atom. The molecule has 0 atom stereocenters. The number of ether oxygens (including phenoxy) is 1. The molecule has 0 unspecified atom stereocenters. The Morgan fingerprint density at radius 3 is 2.71 bits per heavy atom. The maximum atomic E-state index is 5.77. The Hall–Kier alpha value is -1.10. The van der Waals surface area contributed by atoms with E-state index in [1.54, 1.807) is 0 Å². The van der Waals surface area contributed by atoms with Crippen molar-refractivity contribution in [3.8, 4) is 5.75 Å². The molecule has 0 amide bonds. The van der Waals surface area contributed by atoms with Crippen molar-refractivity contribution in [1.82, 2.24) is 15.1 Å². The number of likely N-dealkylation sites (tertiary alicyclic amines) is 1. The molecule has 1 N–H and O–H groups in total. The van der Waals surface area contributed by atoms with Gasteiger partial charge >= 0.3 is 0 Å². The molecular formula is C17H27N3O. The van der Waals surface area contributed by atoms with E-state index < -0.39 is 0 Å². The highest BCUT2D eigenvalue weighted by Crippen LogP contribution is 2.21. The zero-order chi connectivity index (χ0) is 14.7. The summed E-state index contributed by atoms with van der Waals surface area (Å²) in [6, 6.07) is 9.29. The Morgan fingerprint density at radius 2 is 2.00 bits per heavy atom. The Balaban J connectivity index is 1.47. The second-order valence-corrected chi connectivity index (χ2v) is 6.45. The third kappa shape index (κ3) is 3.96. The normalized spacial score (nSPS) is 21.5. The van der Waals surface area contributed by atoms with Gasteiger partial charge in [0.25, 0.3) is 0 Å². The highest BCUT2D eigenvalue weighted by molar-refractivity contribution is 5.28. The zero-order valence-corrected chi connectivity index (χ0v) is 13.2. The summed E-state index contributed by atoms with van der Waals surface area (Å²) in [5.41, 5.74) is 1.35. The van der Waals surface area contributed by atoms with E-state index in [1.807, 2.05) is 6.07 Å². The van der Waals surface area contributed by atoms with Gasteiger partial charge in [-0.05, 0) is 31.5 Å². The number of hydrogen-bond donors (Lipinski definition) is 1. The summed E-state index contributed by atoms with van der Waals surface area (Å²) >= 11 is 0. The lowest BCUT2D eigenvalue weighted by Gasteiger charge is -2.46. The highest BCUT2D eigenvalue weighted by Gasteiger charge is 2.31. The van der Waals surface area contributed by atoms with Gasteiger partial charge in [-0.25, -0.2) is 0 Å². The van der Waals surface area contributed by atoms with Crippen LogP contribution >= 0.6 is 0 Å². The van der Waals surface area contributed by atoms with Crippen LogP contribution in [0, 0.1) is 0 Å². The predicted octanol–water partition coefficient (Wildman–Crippen LogP) is 1.56. The molecule has 2 aliphatic rings. The molecule has 3 rings (SSSR count). The summed E-state index contributed by atoms with van der Waals surface area (Å²) in [5.74, 6) is 0.988. The molecule has 1 aromatic carbocycles. The second-order valence-electron chi connectivity index (χ2n) is 6.45. The molecule has 2 saturated heterocycles. The van der Waals surface area contributed by atoms with Crippen LogP contribution in [0.15, 0.2) is 24.3 Å². The summed E-state index contributed by atoms with van der Waals surface area (Å²) in [4.78, 5) is 5.16. The van der Waals surface area contributed by atoms with Crippen molar-refractivity contribution in [2.45, 2.75) is 32.5 Å². The summed E-state index contributed by atoms with van der Waals surface area (Å²) in [6.45, 7) is 12.3. The van der Waals surface area contributed by atoms with Crippen LogP contribution in [-0.4, -0.2) is 61.2 Å². The molecule has 0 aliphatic carbocycles. The van der Waals surface area contributed by atoms with Crippen LogP contribution in [0.4, 0.5) is 0 Å². The van der Waals surface area contributed by atoms with E-state index in [1.165, 1.54) is 31.7 Å². The molecule has 1 aromatic rings. The second kappa shape index (κ2) is 6.77. The molecule has 0 saturated carbocycles. The zero-order valence-electron chi connectivity index (χ0n) is 13.2. The minimum Gasteiger partial charge on any atom is -0.491 e. The number of hydrogen-bond acceptors (Lipinski definition) is 4. The first-order valence-corrected chi connectivity index (χ1v) is 8.13. The van der Waals surface area contributed by atoms with Gasteiger partial charge in [0, 0.05) is 51.9 Å². The molecule has 2 heterocycles. The standard InChI is InChI=1S/C17H27N3O/c1-14(2)21-17-5-3-4-15(10-17)11-19-12-16(13-19)20-8-6-18-7-9-20/h3-5,10,14,16,18H,6-9,11-13H2,1-2H3. The van der Waals surface area contributed by atoms with Crippen LogP contribution in [-0.2, 0) is 6.54 Å². The average molecular weight is 289 g/mol. The van der Waals surface area contributed by atoms with E-state index in [2.05, 4.69) is 47.2 Å². The third-order valence-corrected chi connectivity index (χ3v) is 4.28. The minimum atomic E-state index is 0.237. The smallest absolute Gasteiger partial charge is 0.120 e. The van der Waals surface area contributed by atoms with Crippen molar-refractivity contribution in [1.29, 1.82) is 0 Å². The molecule has 116 valence electrons. The van der Waals surface area contributed by atoms with Crippen LogP contribution in [0.5, 0.6) is 5.75 Å². The number of nitrogens with zero attached hydrogens (tertiary/aromatic N) is 2. The lowest BCUT2D eigenvalue weighted by Crippen LogP contribution is -2.62. The molecule has 2 aliphatic heterocycles. The van der Waals surface area contributed by atoms with Crippen molar-refractivity contribution in [2.75, 3.05) is 39.3 Å². The van der Waals surface area contributed by atoms with Gasteiger partial charge in [0.2, 0.25) is 0 Å². The Labute approximate surface area is 128 Å². The van der Waals surface area contributed by atoms with E-state index in [9.17, 15) is 0 Å². The fraction of sp³-hybridized carbons (Fsp3) is 0.647. The van der Waals surface area contributed by atoms with Crippen LogP contribution in [0.1, 0.15) is 19.4 Å². The lowest BCUT2D eigenvalue weighted by molar-refractivity contribution is 0.0222. The third-order valence-electron chi connectivity index (χ3n) is 4.28. The largest absolute Gasteiger partial charge is 0.491 e. The topological polar surface area (TPSA) is 27.7 Å². The average Bonchev–Trinajstić information content (AvgIpc) is 2.43. The number of nitrogens with one attached hydrogen (secondary N) is 1. The highest BCUT2D eigenvalue weighted by atomic mass is 16.5. The van der Waals surface area contributed by atoms with Crippen LogP contribution in [0.25, 0.3) is 0 Å². The maximum absolute atomic E-state index is 5.77. The first-order valence-electron chi connectivity index (χ1n) is 8.13.